The van der Waals surface area contributed by atoms with Crippen molar-refractivity contribution in [3.63, 3.8) is 0 Å². The van der Waals surface area contributed by atoms with E-state index in [1.165, 1.54) is 18.2 Å². The van der Waals surface area contributed by atoms with Crippen LogP contribution in [0.15, 0.2) is 47.3 Å². The molecule has 1 aromatic heterocycles. The Bertz CT molecular complexity index is 1130. The number of aromatic amines is 1. The predicted octanol–water partition coefficient (Wildman–Crippen LogP) is 3.07. The number of nitro benzene ring substituents is 1. The highest BCUT2D eigenvalue weighted by Crippen LogP contribution is 2.22. The van der Waals surface area contributed by atoms with Gasteiger partial charge in [0.1, 0.15) is 11.3 Å². The number of carbonyl (C=O) groups is 1. The number of nitro groups is 1. The van der Waals surface area contributed by atoms with Gasteiger partial charge in [-0.3, -0.25) is 19.7 Å². The number of halogens is 1. The number of methoxy groups -OCH3 is 1. The zero-order chi connectivity index (χ0) is 20.3. The van der Waals surface area contributed by atoms with Gasteiger partial charge < -0.3 is 15.0 Å². The van der Waals surface area contributed by atoms with Crippen molar-refractivity contribution in [2.24, 2.45) is 0 Å². The minimum Gasteiger partial charge on any atom is -0.497 e. The van der Waals surface area contributed by atoms with Gasteiger partial charge in [0.2, 0.25) is 0 Å². The first-order valence-corrected chi connectivity index (χ1v) is 8.69. The highest BCUT2D eigenvalue weighted by molar-refractivity contribution is 6.31. The van der Waals surface area contributed by atoms with Crippen molar-refractivity contribution in [2.75, 3.05) is 13.7 Å². The highest BCUT2D eigenvalue weighted by Gasteiger charge is 2.20. The van der Waals surface area contributed by atoms with E-state index in [2.05, 4.69) is 10.3 Å². The summed E-state index contributed by atoms with van der Waals surface area (Å²) in [5.41, 5.74) is 0.394. The molecule has 9 heteroatoms. The molecule has 8 nitrogen and oxygen atoms in total. The van der Waals surface area contributed by atoms with E-state index in [4.69, 9.17) is 16.3 Å². The molecular formula is C19H16ClN3O5. The Morgan fingerprint density at radius 3 is 2.75 bits per heavy atom. The first-order valence-electron chi connectivity index (χ1n) is 8.31. The molecule has 2 N–H and O–H groups in total. The van der Waals surface area contributed by atoms with Gasteiger partial charge >= 0.3 is 0 Å². The minimum absolute atomic E-state index is 0.128. The zero-order valence-corrected chi connectivity index (χ0v) is 15.6. The van der Waals surface area contributed by atoms with Crippen molar-refractivity contribution >= 4 is 34.1 Å². The number of ether oxygens (including phenoxy) is 1. The van der Waals surface area contributed by atoms with Crippen molar-refractivity contribution in [1.29, 1.82) is 0 Å². The van der Waals surface area contributed by atoms with Crippen LogP contribution in [-0.2, 0) is 6.42 Å². The van der Waals surface area contributed by atoms with Crippen LogP contribution in [0.2, 0.25) is 5.02 Å². The summed E-state index contributed by atoms with van der Waals surface area (Å²) in [4.78, 5) is 37.8. The number of amides is 1. The summed E-state index contributed by atoms with van der Waals surface area (Å²) in [6, 6.07) is 10.8. The van der Waals surface area contributed by atoms with Crippen molar-refractivity contribution in [2.45, 2.75) is 6.42 Å². The molecule has 1 heterocycles. The lowest BCUT2D eigenvalue weighted by Crippen LogP contribution is -2.28. The number of nitrogens with one attached hydrogen (secondary N) is 2. The van der Waals surface area contributed by atoms with E-state index in [1.54, 1.807) is 25.3 Å². The van der Waals surface area contributed by atoms with Gasteiger partial charge in [0.15, 0.2) is 0 Å². The third kappa shape index (κ3) is 4.12. The topological polar surface area (TPSA) is 114 Å². The number of benzene rings is 2. The van der Waals surface area contributed by atoms with Gasteiger partial charge in [-0.05, 0) is 42.1 Å². The van der Waals surface area contributed by atoms with Crippen LogP contribution in [0, 0.1) is 10.1 Å². The van der Waals surface area contributed by atoms with E-state index in [-0.39, 0.29) is 34.8 Å². The summed E-state index contributed by atoms with van der Waals surface area (Å²) < 4.78 is 5.13. The maximum absolute atomic E-state index is 12.3. The fraction of sp³-hybridized carbons (Fsp3) is 0.158. The number of fused-ring (bicyclic) bond motifs is 1. The van der Waals surface area contributed by atoms with Crippen LogP contribution < -0.4 is 15.6 Å². The van der Waals surface area contributed by atoms with Crippen LogP contribution in [-0.4, -0.2) is 29.5 Å². The van der Waals surface area contributed by atoms with Gasteiger partial charge in [-0.25, -0.2) is 0 Å². The first-order chi connectivity index (χ1) is 13.4. The molecule has 0 bridgehead atoms. The van der Waals surface area contributed by atoms with Crippen LogP contribution in [0.25, 0.3) is 10.9 Å². The molecule has 0 saturated heterocycles. The second-order valence-corrected chi connectivity index (χ2v) is 6.44. The molecule has 0 atom stereocenters. The van der Waals surface area contributed by atoms with Gasteiger partial charge in [0.05, 0.1) is 17.5 Å². The van der Waals surface area contributed by atoms with Crippen molar-refractivity contribution in [1.82, 2.24) is 10.3 Å². The average Bonchev–Trinajstić information content (AvgIpc) is 2.67. The summed E-state index contributed by atoms with van der Waals surface area (Å²) in [5, 5.41) is 14.7. The number of rotatable bonds is 6. The Kier molecular flexibility index (Phi) is 5.60. The summed E-state index contributed by atoms with van der Waals surface area (Å²) >= 11 is 5.84. The fourth-order valence-electron chi connectivity index (χ4n) is 2.79. The SMILES string of the molecule is COc1ccc2cc(CCNC(=O)c3cc(Cl)ccc3[N+](=O)[O-])c(=O)[nH]c2c1. The number of hydrogen-bond acceptors (Lipinski definition) is 5. The van der Waals surface area contributed by atoms with Gasteiger partial charge in [0, 0.05) is 29.3 Å². The second kappa shape index (κ2) is 8.10. The summed E-state index contributed by atoms with van der Waals surface area (Å²) in [6.45, 7) is 0.132. The molecule has 0 spiro atoms. The number of H-pyrrole nitrogens is 1. The number of hydrogen-bond donors (Lipinski definition) is 2. The molecule has 2 aromatic carbocycles. The smallest absolute Gasteiger partial charge is 0.282 e. The lowest BCUT2D eigenvalue weighted by Gasteiger charge is -2.08. The van der Waals surface area contributed by atoms with Crippen molar-refractivity contribution in [3.05, 3.63) is 79.1 Å². The lowest BCUT2D eigenvalue weighted by molar-refractivity contribution is -0.385. The number of carbonyl (C=O) groups excluding carboxylic acids is 1. The molecule has 0 unspecified atom stereocenters. The molecular weight excluding hydrogens is 386 g/mol. The highest BCUT2D eigenvalue weighted by atomic mass is 35.5. The molecule has 28 heavy (non-hydrogen) atoms. The monoisotopic (exact) mass is 401 g/mol. The van der Waals surface area contributed by atoms with E-state index >= 15 is 0 Å². The maximum atomic E-state index is 12.3. The van der Waals surface area contributed by atoms with E-state index < -0.39 is 10.8 Å². The molecule has 3 rings (SSSR count). The Balaban J connectivity index is 1.74. The summed E-state index contributed by atoms with van der Waals surface area (Å²) in [6.07, 6.45) is 0.261. The molecule has 144 valence electrons. The second-order valence-electron chi connectivity index (χ2n) is 6.00. The Labute approximate surface area is 164 Å². The normalized spacial score (nSPS) is 10.6. The van der Waals surface area contributed by atoms with Gasteiger partial charge in [-0.1, -0.05) is 11.6 Å². The molecule has 0 radical (unpaired) electrons. The van der Waals surface area contributed by atoms with Crippen molar-refractivity contribution < 1.29 is 14.5 Å². The Morgan fingerprint density at radius 2 is 2.04 bits per heavy atom. The van der Waals surface area contributed by atoms with Crippen LogP contribution >= 0.6 is 11.6 Å². The average molecular weight is 402 g/mol. The van der Waals surface area contributed by atoms with Gasteiger partial charge in [-0.15, -0.1) is 0 Å². The Hall–Kier alpha value is -3.39. The number of aromatic nitrogens is 1. The van der Waals surface area contributed by atoms with Crippen molar-refractivity contribution in [3.8, 4) is 5.75 Å². The van der Waals surface area contributed by atoms with E-state index in [1.807, 2.05) is 6.07 Å². The number of nitrogens with zero attached hydrogens (tertiary/aromatic N) is 1. The van der Waals surface area contributed by atoms with E-state index in [0.29, 0.717) is 16.8 Å². The summed E-state index contributed by atoms with van der Waals surface area (Å²) in [5.74, 6) is 0.00225. The third-order valence-electron chi connectivity index (χ3n) is 4.21. The maximum Gasteiger partial charge on any atom is 0.282 e. The first kappa shape index (κ1) is 19.4. The van der Waals surface area contributed by atoms with Gasteiger partial charge in [-0.2, -0.15) is 0 Å². The zero-order valence-electron chi connectivity index (χ0n) is 14.8. The molecule has 0 saturated carbocycles. The minimum atomic E-state index is -0.645. The lowest BCUT2D eigenvalue weighted by atomic mass is 10.1. The third-order valence-corrected chi connectivity index (χ3v) is 4.44. The molecule has 0 aliphatic rings. The van der Waals surface area contributed by atoms with E-state index in [0.717, 1.165) is 5.39 Å². The fourth-order valence-corrected chi connectivity index (χ4v) is 2.97. The van der Waals surface area contributed by atoms with Crippen LogP contribution in [0.1, 0.15) is 15.9 Å². The van der Waals surface area contributed by atoms with Gasteiger partial charge in [0.25, 0.3) is 17.2 Å². The predicted molar refractivity (Wildman–Crippen MR) is 105 cm³/mol. The largest absolute Gasteiger partial charge is 0.497 e. The molecule has 3 aromatic rings. The van der Waals surface area contributed by atoms with Crippen LogP contribution in [0.4, 0.5) is 5.69 Å². The molecule has 0 aliphatic heterocycles. The summed E-state index contributed by atoms with van der Waals surface area (Å²) in [7, 11) is 1.54. The van der Waals surface area contributed by atoms with Crippen LogP contribution in [0.3, 0.4) is 0 Å². The standard InChI is InChI=1S/C19H16ClN3O5/c1-28-14-4-2-11-8-12(18(24)22-16(11)10-14)6-7-21-19(25)15-9-13(20)3-5-17(15)23(26)27/h2-5,8-10H,6-7H2,1H3,(H,21,25)(H,22,24). The van der Waals surface area contributed by atoms with Crippen LogP contribution in [0.5, 0.6) is 5.75 Å². The molecule has 0 aliphatic carbocycles. The Morgan fingerprint density at radius 1 is 1.25 bits per heavy atom. The molecule has 0 fully saturated rings. The van der Waals surface area contributed by atoms with E-state index in [9.17, 15) is 19.7 Å². The quantitative estimate of drug-likeness (QED) is 0.486. The molecule has 1 amide bonds. The number of pyridine rings is 1.